The van der Waals surface area contributed by atoms with E-state index in [1.807, 2.05) is 27.7 Å². The predicted molar refractivity (Wildman–Crippen MR) is 62.6 cm³/mol. The van der Waals surface area contributed by atoms with Crippen molar-refractivity contribution in [2.24, 2.45) is 23.0 Å². The van der Waals surface area contributed by atoms with Gasteiger partial charge in [0, 0.05) is 11.0 Å². The van der Waals surface area contributed by atoms with Crippen molar-refractivity contribution in [3.63, 3.8) is 0 Å². The molecule has 0 fully saturated rings. The molecule has 0 aliphatic rings. The first-order valence-corrected chi connectivity index (χ1v) is 5.43. The molecule has 0 spiro atoms. The minimum absolute atomic E-state index is 0.227. The van der Waals surface area contributed by atoms with Gasteiger partial charge in [0.05, 0.1) is 0 Å². The second kappa shape index (κ2) is 5.31. The molecule has 0 amide bonds. The van der Waals surface area contributed by atoms with Crippen molar-refractivity contribution in [3.05, 3.63) is 12.2 Å². The molecule has 0 aliphatic carbocycles. The summed E-state index contributed by atoms with van der Waals surface area (Å²) in [5.74, 6) is -0.458. The third-order valence-electron chi connectivity index (χ3n) is 3.44. The molecule has 88 valence electrons. The van der Waals surface area contributed by atoms with Crippen molar-refractivity contribution in [1.82, 2.24) is 0 Å². The van der Waals surface area contributed by atoms with Crippen molar-refractivity contribution in [3.8, 4) is 0 Å². The number of carbonyl (C=O) groups is 1. The summed E-state index contributed by atoms with van der Waals surface area (Å²) in [7, 11) is 0. The van der Waals surface area contributed by atoms with Crippen LogP contribution in [0.5, 0.6) is 0 Å². The van der Waals surface area contributed by atoms with Crippen molar-refractivity contribution < 1.29 is 9.90 Å². The standard InChI is InChI=1S/C12H23NO2/c1-8(2)12(6-7-13,9(3)4)10(5)11(14)15/h8-9H,5-7,13H2,1-4H3,(H,14,15). The number of carboxylic acid groups (broad SMARTS) is 1. The number of rotatable bonds is 6. The SMILES string of the molecule is C=C(C(=O)O)C(CCN)(C(C)C)C(C)C. The number of hydrogen-bond donors (Lipinski definition) is 2. The summed E-state index contributed by atoms with van der Waals surface area (Å²) in [6.07, 6.45) is 0.674. The minimum atomic E-state index is -0.911. The Kier molecular flexibility index (Phi) is 5.01. The zero-order valence-corrected chi connectivity index (χ0v) is 10.2. The van der Waals surface area contributed by atoms with E-state index >= 15 is 0 Å². The van der Waals surface area contributed by atoms with E-state index in [4.69, 9.17) is 10.8 Å². The van der Waals surface area contributed by atoms with Gasteiger partial charge in [-0.05, 0) is 24.8 Å². The molecule has 3 N–H and O–H groups in total. The van der Waals surface area contributed by atoms with Crippen LogP contribution >= 0.6 is 0 Å². The van der Waals surface area contributed by atoms with Crippen LogP contribution in [0.4, 0.5) is 0 Å². The van der Waals surface area contributed by atoms with Crippen molar-refractivity contribution >= 4 is 5.97 Å². The largest absolute Gasteiger partial charge is 0.478 e. The summed E-state index contributed by atoms with van der Waals surface area (Å²) in [6.45, 7) is 12.3. The molecule has 0 atom stereocenters. The van der Waals surface area contributed by atoms with E-state index in [2.05, 4.69) is 6.58 Å². The van der Waals surface area contributed by atoms with Gasteiger partial charge in [0.25, 0.3) is 0 Å². The molecule has 3 heteroatoms. The summed E-state index contributed by atoms with van der Waals surface area (Å²) < 4.78 is 0. The zero-order chi connectivity index (χ0) is 12.2. The van der Waals surface area contributed by atoms with Gasteiger partial charge in [-0.15, -0.1) is 0 Å². The summed E-state index contributed by atoms with van der Waals surface area (Å²) in [4.78, 5) is 11.1. The first-order valence-electron chi connectivity index (χ1n) is 5.43. The number of nitrogens with two attached hydrogens (primary N) is 1. The Hall–Kier alpha value is -0.830. The Morgan fingerprint density at radius 2 is 1.73 bits per heavy atom. The molecule has 0 unspecified atom stereocenters. The maximum absolute atomic E-state index is 11.1. The van der Waals surface area contributed by atoms with Crippen LogP contribution in [0, 0.1) is 17.3 Å². The van der Waals surface area contributed by atoms with Gasteiger partial charge in [-0.2, -0.15) is 0 Å². The van der Waals surface area contributed by atoms with E-state index in [1.165, 1.54) is 0 Å². The lowest BCUT2D eigenvalue weighted by Gasteiger charge is -2.41. The molecule has 0 bridgehead atoms. The molecule has 0 aromatic carbocycles. The molecule has 0 aliphatic heterocycles. The maximum Gasteiger partial charge on any atom is 0.331 e. The predicted octanol–water partition coefficient (Wildman–Crippen LogP) is 2.27. The third kappa shape index (κ3) is 2.59. The summed E-state index contributed by atoms with van der Waals surface area (Å²) in [5.41, 5.74) is 5.50. The van der Waals surface area contributed by atoms with Gasteiger partial charge >= 0.3 is 5.97 Å². The highest BCUT2D eigenvalue weighted by Crippen LogP contribution is 2.44. The van der Waals surface area contributed by atoms with E-state index < -0.39 is 5.97 Å². The van der Waals surface area contributed by atoms with Gasteiger partial charge in [0.1, 0.15) is 0 Å². The molecule has 0 rings (SSSR count). The summed E-state index contributed by atoms with van der Waals surface area (Å²) in [6, 6.07) is 0. The highest BCUT2D eigenvalue weighted by atomic mass is 16.4. The Bertz CT molecular complexity index is 236. The monoisotopic (exact) mass is 213 g/mol. The van der Waals surface area contributed by atoms with Crippen LogP contribution in [0.2, 0.25) is 0 Å². The third-order valence-corrected chi connectivity index (χ3v) is 3.44. The lowest BCUT2D eigenvalue weighted by molar-refractivity contribution is -0.135. The van der Waals surface area contributed by atoms with Crippen LogP contribution in [0.25, 0.3) is 0 Å². The fourth-order valence-electron chi connectivity index (χ4n) is 2.53. The summed E-state index contributed by atoms with van der Waals surface area (Å²) >= 11 is 0. The fraction of sp³-hybridized carbons (Fsp3) is 0.750. The number of hydrogen-bond acceptors (Lipinski definition) is 2. The highest BCUT2D eigenvalue weighted by Gasteiger charge is 2.41. The van der Waals surface area contributed by atoms with Crippen LogP contribution in [-0.2, 0) is 4.79 Å². The number of aliphatic carboxylic acids is 1. The van der Waals surface area contributed by atoms with Gasteiger partial charge in [0.15, 0.2) is 0 Å². The first kappa shape index (κ1) is 14.2. The molecule has 0 saturated carbocycles. The summed E-state index contributed by atoms with van der Waals surface area (Å²) in [5, 5.41) is 9.10. The number of carboxylic acids is 1. The van der Waals surface area contributed by atoms with Crippen molar-refractivity contribution in [2.45, 2.75) is 34.1 Å². The van der Waals surface area contributed by atoms with Gasteiger partial charge in [-0.25, -0.2) is 4.79 Å². The first-order chi connectivity index (χ1) is 6.80. The van der Waals surface area contributed by atoms with Gasteiger partial charge in [0.2, 0.25) is 0 Å². The van der Waals surface area contributed by atoms with E-state index in [0.717, 1.165) is 0 Å². The molecule has 15 heavy (non-hydrogen) atoms. The molecular formula is C12H23NO2. The van der Waals surface area contributed by atoms with Crippen LogP contribution in [0.3, 0.4) is 0 Å². The van der Waals surface area contributed by atoms with Crippen molar-refractivity contribution in [2.75, 3.05) is 6.54 Å². The van der Waals surface area contributed by atoms with E-state index in [0.29, 0.717) is 13.0 Å². The second-order valence-electron chi connectivity index (χ2n) is 4.67. The molecule has 0 saturated heterocycles. The van der Waals surface area contributed by atoms with Gasteiger partial charge < -0.3 is 10.8 Å². The zero-order valence-electron chi connectivity index (χ0n) is 10.2. The van der Waals surface area contributed by atoms with Gasteiger partial charge in [-0.1, -0.05) is 34.3 Å². The highest BCUT2D eigenvalue weighted by molar-refractivity contribution is 5.87. The van der Waals surface area contributed by atoms with E-state index in [1.54, 1.807) is 0 Å². The Morgan fingerprint density at radius 3 is 1.93 bits per heavy atom. The van der Waals surface area contributed by atoms with E-state index in [-0.39, 0.29) is 22.8 Å². The average molecular weight is 213 g/mol. The second-order valence-corrected chi connectivity index (χ2v) is 4.67. The van der Waals surface area contributed by atoms with E-state index in [9.17, 15) is 4.79 Å². The van der Waals surface area contributed by atoms with Gasteiger partial charge in [-0.3, -0.25) is 0 Å². The minimum Gasteiger partial charge on any atom is -0.478 e. The Labute approximate surface area is 92.4 Å². The Balaban J connectivity index is 5.31. The van der Waals surface area contributed by atoms with Crippen LogP contribution in [-0.4, -0.2) is 17.6 Å². The molecule has 0 aromatic rings. The lowest BCUT2D eigenvalue weighted by Crippen LogP contribution is -2.39. The quantitative estimate of drug-likeness (QED) is 0.665. The maximum atomic E-state index is 11.1. The topological polar surface area (TPSA) is 63.3 Å². The molecule has 0 radical (unpaired) electrons. The molecule has 0 heterocycles. The smallest absolute Gasteiger partial charge is 0.331 e. The molecular weight excluding hydrogens is 190 g/mol. The van der Waals surface area contributed by atoms with Crippen molar-refractivity contribution in [1.29, 1.82) is 0 Å². The molecule has 0 aromatic heterocycles. The molecule has 3 nitrogen and oxygen atoms in total. The van der Waals surface area contributed by atoms with Crippen LogP contribution in [0.15, 0.2) is 12.2 Å². The fourth-order valence-corrected chi connectivity index (χ4v) is 2.53. The van der Waals surface area contributed by atoms with Crippen LogP contribution in [0.1, 0.15) is 34.1 Å². The average Bonchev–Trinajstić information content (AvgIpc) is 2.11. The Morgan fingerprint density at radius 1 is 1.33 bits per heavy atom. The normalized spacial score (nSPS) is 12.2. The van der Waals surface area contributed by atoms with Crippen LogP contribution < -0.4 is 5.73 Å². The lowest BCUT2D eigenvalue weighted by atomic mass is 9.62.